The fourth-order valence-electron chi connectivity index (χ4n) is 4.55. The maximum atomic E-state index is 4.70. The molecule has 37 heavy (non-hydrogen) atoms. The maximum Gasteiger partial charge on any atom is 0.0124 e. The Bertz CT molecular complexity index is 1560. The summed E-state index contributed by atoms with van der Waals surface area (Å²) in [5, 5.41) is 2.49. The monoisotopic (exact) mass is 660 g/mol. The van der Waals surface area contributed by atoms with E-state index >= 15 is 0 Å². The quantitative estimate of drug-likeness (QED) is 0.141. The van der Waals surface area contributed by atoms with E-state index in [-0.39, 0.29) is 22.4 Å². The average Bonchev–Trinajstić information content (AvgIpc) is 3.60. The maximum absolute atomic E-state index is 4.70. The Hall–Kier alpha value is -4.02. The van der Waals surface area contributed by atoms with Gasteiger partial charge in [-0.3, -0.25) is 0 Å². The summed E-state index contributed by atoms with van der Waals surface area (Å²) in [5.41, 5.74) is 6.98. The van der Waals surface area contributed by atoms with E-state index in [4.69, 9.17) is 4.98 Å². The van der Waals surface area contributed by atoms with Crippen molar-refractivity contribution in [1.82, 2.24) is 4.98 Å². The molecule has 0 aliphatic carbocycles. The molecule has 0 N–H and O–H groups in total. The van der Waals surface area contributed by atoms with Crippen LogP contribution < -0.4 is 14.8 Å². The second kappa shape index (κ2) is 11.4. The molecule has 1 aliphatic rings. The van der Waals surface area contributed by atoms with Crippen molar-refractivity contribution in [3.05, 3.63) is 153 Å². The van der Waals surface area contributed by atoms with Gasteiger partial charge in [0.25, 0.3) is 0 Å². The number of anilines is 2. The molecule has 0 atom stereocenters. The first-order valence-corrected chi connectivity index (χ1v) is 12.1. The standard InChI is InChI=1S/C18H12N.C15H13N2.Au/c1-2-7-13(8-3-1)14-10-6-12-17-18(14)15-9-4-5-11-16(15)19-17;1-3-7-14(8-4-1)16-11-12-17(13-16)15-9-5-2-6-10-15;/h1-12H;1-13H;/q2*-1;. The topological polar surface area (TPSA) is 20.6 Å². The Morgan fingerprint density at radius 2 is 1.00 bits per heavy atom. The first kappa shape index (κ1) is 24.7. The summed E-state index contributed by atoms with van der Waals surface area (Å²) in [4.78, 5) is 8.91. The van der Waals surface area contributed by atoms with Crippen molar-refractivity contribution in [2.24, 2.45) is 0 Å². The molecule has 5 aromatic carbocycles. The van der Waals surface area contributed by atoms with Crippen molar-refractivity contribution in [3.8, 4) is 11.1 Å². The predicted octanol–water partition coefficient (Wildman–Crippen LogP) is 8.22. The first-order chi connectivity index (χ1) is 17.9. The van der Waals surface area contributed by atoms with Crippen LogP contribution in [0.4, 0.5) is 11.4 Å². The van der Waals surface area contributed by atoms with Crippen LogP contribution >= 0.6 is 0 Å². The van der Waals surface area contributed by atoms with E-state index < -0.39 is 0 Å². The van der Waals surface area contributed by atoms with Crippen LogP contribution in [0.3, 0.4) is 0 Å². The molecule has 3 nitrogen and oxygen atoms in total. The largest absolute Gasteiger partial charge is 0.657 e. The molecule has 185 valence electrons. The van der Waals surface area contributed by atoms with Gasteiger partial charge in [-0.25, -0.2) is 0 Å². The molecule has 7 rings (SSSR count). The van der Waals surface area contributed by atoms with E-state index in [1.807, 2.05) is 48.5 Å². The second-order valence-electron chi connectivity index (χ2n) is 8.59. The summed E-state index contributed by atoms with van der Waals surface area (Å²) < 4.78 is 0. The van der Waals surface area contributed by atoms with Gasteiger partial charge in [-0.05, 0) is 58.6 Å². The van der Waals surface area contributed by atoms with Crippen molar-refractivity contribution in [2.75, 3.05) is 9.80 Å². The Kier molecular flexibility index (Phi) is 7.57. The van der Waals surface area contributed by atoms with Crippen LogP contribution in [0.5, 0.6) is 0 Å². The summed E-state index contributed by atoms with van der Waals surface area (Å²) in [7, 11) is 0. The molecular formula is C33H25AuN3-2. The number of aromatic nitrogens is 1. The molecule has 4 heteroatoms. The minimum absolute atomic E-state index is 0. The number of benzene rings is 5. The summed E-state index contributed by atoms with van der Waals surface area (Å²) in [6.45, 7) is 2.07. The van der Waals surface area contributed by atoms with Crippen LogP contribution in [0, 0.1) is 6.67 Å². The second-order valence-corrected chi connectivity index (χ2v) is 8.59. The number of nitrogens with zero attached hydrogens (tertiary/aromatic N) is 3. The van der Waals surface area contributed by atoms with Gasteiger partial charge in [0, 0.05) is 33.8 Å². The Morgan fingerprint density at radius 3 is 1.62 bits per heavy atom. The fraction of sp³-hybridized carbons (Fsp3) is 0. The van der Waals surface area contributed by atoms with Crippen LogP contribution in [0.1, 0.15) is 0 Å². The third kappa shape index (κ3) is 5.25. The van der Waals surface area contributed by atoms with E-state index in [9.17, 15) is 0 Å². The fourth-order valence-corrected chi connectivity index (χ4v) is 4.55. The first-order valence-electron chi connectivity index (χ1n) is 12.1. The normalized spacial score (nSPS) is 12.3. The molecule has 6 aromatic rings. The van der Waals surface area contributed by atoms with Crippen molar-refractivity contribution in [1.29, 1.82) is 0 Å². The Labute approximate surface area is 233 Å². The van der Waals surface area contributed by atoms with Gasteiger partial charge in [0.15, 0.2) is 0 Å². The van der Waals surface area contributed by atoms with Crippen LogP contribution in [0.15, 0.2) is 146 Å². The molecule has 0 unspecified atom stereocenters. The van der Waals surface area contributed by atoms with Crippen molar-refractivity contribution in [3.63, 3.8) is 0 Å². The molecule has 1 aromatic heterocycles. The van der Waals surface area contributed by atoms with Gasteiger partial charge in [0.2, 0.25) is 0 Å². The van der Waals surface area contributed by atoms with Gasteiger partial charge in [-0.15, -0.1) is 17.7 Å². The van der Waals surface area contributed by atoms with Gasteiger partial charge in [-0.1, -0.05) is 109 Å². The van der Waals surface area contributed by atoms with Gasteiger partial charge >= 0.3 is 0 Å². The number of para-hydroxylation sites is 3. The van der Waals surface area contributed by atoms with Gasteiger partial charge in [0.05, 0.1) is 0 Å². The van der Waals surface area contributed by atoms with Crippen LogP contribution in [0.25, 0.3) is 32.9 Å². The minimum Gasteiger partial charge on any atom is -0.657 e. The zero-order chi connectivity index (χ0) is 24.2. The number of hydrogen-bond donors (Lipinski definition) is 0. The van der Waals surface area contributed by atoms with Crippen molar-refractivity contribution >= 4 is 33.2 Å². The molecule has 0 fully saturated rings. The minimum atomic E-state index is 0. The average molecular weight is 661 g/mol. The van der Waals surface area contributed by atoms with Crippen LogP contribution in [-0.2, 0) is 22.4 Å². The molecule has 0 bridgehead atoms. The van der Waals surface area contributed by atoms with Crippen LogP contribution in [0.2, 0.25) is 0 Å². The zero-order valence-corrected chi connectivity index (χ0v) is 22.2. The molecule has 1 radical (unpaired) electrons. The van der Waals surface area contributed by atoms with Crippen LogP contribution in [-0.4, -0.2) is 0 Å². The van der Waals surface area contributed by atoms with E-state index in [2.05, 4.69) is 114 Å². The molecule has 2 heterocycles. The van der Waals surface area contributed by atoms with Crippen molar-refractivity contribution in [2.45, 2.75) is 0 Å². The molecular weight excluding hydrogens is 635 g/mol. The summed E-state index contributed by atoms with van der Waals surface area (Å²) in [6.07, 6.45) is 4.12. The predicted molar refractivity (Wildman–Crippen MR) is 151 cm³/mol. The molecule has 1 aliphatic heterocycles. The van der Waals surface area contributed by atoms with E-state index in [1.165, 1.54) is 33.3 Å². The third-order valence-corrected chi connectivity index (χ3v) is 6.29. The molecule has 0 saturated carbocycles. The smallest absolute Gasteiger partial charge is 0.0124 e. The summed E-state index contributed by atoms with van der Waals surface area (Å²) >= 11 is 0. The zero-order valence-electron chi connectivity index (χ0n) is 20.1. The summed E-state index contributed by atoms with van der Waals surface area (Å²) in [5.74, 6) is 0. The summed E-state index contributed by atoms with van der Waals surface area (Å²) in [6, 6.07) is 45.8. The van der Waals surface area contributed by atoms with Gasteiger partial charge < -0.3 is 14.8 Å². The van der Waals surface area contributed by atoms with E-state index in [0.29, 0.717) is 0 Å². The molecule has 0 amide bonds. The molecule has 0 spiro atoms. The van der Waals surface area contributed by atoms with Gasteiger partial charge in [-0.2, -0.15) is 0 Å². The number of rotatable bonds is 3. The SMILES string of the molecule is C1=CN(c2ccccc2)[CH-]N1c1ccccc1.[Au].c1ccc(-c2cccc3[n-]c4ccccc4c23)cc1. The Balaban J connectivity index is 0.000000148. The van der Waals surface area contributed by atoms with Gasteiger partial charge in [0.1, 0.15) is 0 Å². The van der Waals surface area contributed by atoms with E-state index in [1.54, 1.807) is 0 Å². The van der Waals surface area contributed by atoms with E-state index in [0.717, 1.165) is 11.0 Å². The Morgan fingerprint density at radius 1 is 0.486 bits per heavy atom. The third-order valence-electron chi connectivity index (χ3n) is 6.29. The number of hydrogen-bond acceptors (Lipinski definition) is 2. The van der Waals surface area contributed by atoms with Crippen molar-refractivity contribution < 1.29 is 22.4 Å². The number of fused-ring (bicyclic) bond motifs is 3. The molecule has 0 saturated heterocycles.